The van der Waals surface area contributed by atoms with Gasteiger partial charge in [-0.1, -0.05) is 30.7 Å². The fraction of sp³-hybridized carbons (Fsp3) is 0.533. The second-order valence-electron chi connectivity index (χ2n) is 5.27. The molecule has 0 aromatic heterocycles. The zero-order valence-corrected chi connectivity index (χ0v) is 11.1. The van der Waals surface area contributed by atoms with Gasteiger partial charge in [0.1, 0.15) is 0 Å². The lowest BCUT2D eigenvalue weighted by molar-refractivity contribution is -0.126. The highest BCUT2D eigenvalue weighted by molar-refractivity contribution is 5.78. The molecule has 4 nitrogen and oxygen atoms in total. The molecule has 0 saturated heterocycles. The van der Waals surface area contributed by atoms with Crippen LogP contribution in [0.15, 0.2) is 24.3 Å². The molecule has 1 aliphatic rings. The molecule has 1 fully saturated rings. The van der Waals surface area contributed by atoms with E-state index in [2.05, 4.69) is 5.32 Å². The van der Waals surface area contributed by atoms with Crippen LogP contribution in [0.3, 0.4) is 0 Å². The number of aliphatic hydroxyl groups is 1. The van der Waals surface area contributed by atoms with Gasteiger partial charge in [0, 0.05) is 18.5 Å². The van der Waals surface area contributed by atoms with Crippen molar-refractivity contribution in [2.75, 3.05) is 0 Å². The molecule has 1 saturated carbocycles. The molecule has 2 atom stereocenters. The second-order valence-corrected chi connectivity index (χ2v) is 5.27. The Labute approximate surface area is 114 Å². The third-order valence-electron chi connectivity index (χ3n) is 3.83. The van der Waals surface area contributed by atoms with E-state index >= 15 is 0 Å². The van der Waals surface area contributed by atoms with Crippen molar-refractivity contribution in [3.8, 4) is 0 Å². The lowest BCUT2D eigenvalue weighted by atomic mass is 9.85. The number of benzene rings is 1. The quantitative estimate of drug-likeness (QED) is 0.766. The van der Waals surface area contributed by atoms with Crippen molar-refractivity contribution in [1.82, 2.24) is 5.32 Å². The topological polar surface area (TPSA) is 75.4 Å². The van der Waals surface area contributed by atoms with Crippen molar-refractivity contribution in [2.45, 2.75) is 44.9 Å². The van der Waals surface area contributed by atoms with Gasteiger partial charge in [-0.2, -0.15) is 0 Å². The molecule has 0 bridgehead atoms. The van der Waals surface area contributed by atoms with E-state index in [1.54, 1.807) is 0 Å². The molecule has 1 aromatic carbocycles. The molecule has 1 amide bonds. The minimum atomic E-state index is 0.000344. The smallest absolute Gasteiger partial charge is 0.223 e. The number of carbonyl (C=O) groups excluding carboxylic acids is 1. The van der Waals surface area contributed by atoms with Gasteiger partial charge >= 0.3 is 0 Å². The van der Waals surface area contributed by atoms with Crippen LogP contribution >= 0.6 is 0 Å². The number of carbonyl (C=O) groups is 1. The van der Waals surface area contributed by atoms with Crippen molar-refractivity contribution in [1.29, 1.82) is 0 Å². The third kappa shape index (κ3) is 3.78. The molecule has 0 heterocycles. The van der Waals surface area contributed by atoms with Gasteiger partial charge < -0.3 is 16.2 Å². The van der Waals surface area contributed by atoms with Crippen molar-refractivity contribution in [3.63, 3.8) is 0 Å². The molecule has 4 N–H and O–H groups in total. The van der Waals surface area contributed by atoms with Crippen LogP contribution in [0.1, 0.15) is 36.8 Å². The van der Waals surface area contributed by atoms with Crippen LogP contribution in [-0.4, -0.2) is 17.1 Å². The van der Waals surface area contributed by atoms with Gasteiger partial charge in [-0.3, -0.25) is 4.79 Å². The zero-order valence-electron chi connectivity index (χ0n) is 11.1. The summed E-state index contributed by atoms with van der Waals surface area (Å²) in [6.45, 7) is 0.474. The summed E-state index contributed by atoms with van der Waals surface area (Å²) in [4.78, 5) is 12.1. The average Bonchev–Trinajstić information content (AvgIpc) is 2.45. The summed E-state index contributed by atoms with van der Waals surface area (Å²) in [5.41, 5.74) is 7.74. The van der Waals surface area contributed by atoms with E-state index < -0.39 is 0 Å². The Morgan fingerprint density at radius 1 is 1.32 bits per heavy atom. The molecule has 1 aromatic rings. The van der Waals surface area contributed by atoms with Crippen LogP contribution in [0.5, 0.6) is 0 Å². The van der Waals surface area contributed by atoms with Crippen LogP contribution in [-0.2, 0) is 17.9 Å². The van der Waals surface area contributed by atoms with Gasteiger partial charge in [0.25, 0.3) is 0 Å². The largest absolute Gasteiger partial charge is 0.392 e. The van der Waals surface area contributed by atoms with Gasteiger partial charge in [-0.25, -0.2) is 0 Å². The Bertz CT molecular complexity index is 434. The van der Waals surface area contributed by atoms with Gasteiger partial charge in [0.05, 0.1) is 6.61 Å². The Morgan fingerprint density at radius 2 is 2.05 bits per heavy atom. The average molecular weight is 262 g/mol. The number of nitrogens with two attached hydrogens (primary N) is 1. The van der Waals surface area contributed by atoms with E-state index in [-0.39, 0.29) is 24.5 Å². The van der Waals surface area contributed by atoms with Crippen LogP contribution in [0.25, 0.3) is 0 Å². The van der Waals surface area contributed by atoms with E-state index in [1.165, 1.54) is 0 Å². The third-order valence-corrected chi connectivity index (χ3v) is 3.83. The van der Waals surface area contributed by atoms with Crippen LogP contribution in [0, 0.1) is 5.92 Å². The number of hydrogen-bond donors (Lipinski definition) is 3. The summed E-state index contributed by atoms with van der Waals surface area (Å²) < 4.78 is 0. The lowest BCUT2D eigenvalue weighted by Gasteiger charge is -2.25. The van der Waals surface area contributed by atoms with Crippen LogP contribution in [0.2, 0.25) is 0 Å². The Morgan fingerprint density at radius 3 is 2.74 bits per heavy atom. The molecule has 0 unspecified atom stereocenters. The first-order valence-electron chi connectivity index (χ1n) is 6.91. The highest BCUT2D eigenvalue weighted by Gasteiger charge is 2.25. The van der Waals surface area contributed by atoms with Gasteiger partial charge in [0.2, 0.25) is 5.91 Å². The molecule has 104 valence electrons. The summed E-state index contributed by atoms with van der Waals surface area (Å²) in [5.74, 6) is 0.132. The van der Waals surface area contributed by atoms with Crippen molar-refractivity contribution in [2.24, 2.45) is 11.7 Å². The van der Waals surface area contributed by atoms with Gasteiger partial charge in [0.15, 0.2) is 0 Å². The molecule has 4 heteroatoms. The molecule has 0 aliphatic heterocycles. The maximum atomic E-state index is 12.1. The summed E-state index contributed by atoms with van der Waals surface area (Å²) in [6, 6.07) is 7.76. The number of hydrogen-bond acceptors (Lipinski definition) is 3. The first-order chi connectivity index (χ1) is 9.20. The maximum absolute atomic E-state index is 12.1. The highest BCUT2D eigenvalue weighted by atomic mass is 16.3. The Kier molecular flexibility index (Phi) is 4.93. The van der Waals surface area contributed by atoms with E-state index in [9.17, 15) is 9.90 Å². The number of nitrogens with one attached hydrogen (secondary N) is 1. The van der Waals surface area contributed by atoms with E-state index in [4.69, 9.17) is 5.73 Å². The SMILES string of the molecule is N[C@H]1CCC[C@@H](C(=O)NCc2ccccc2CO)C1. The minimum Gasteiger partial charge on any atom is -0.392 e. The summed E-state index contributed by atoms with van der Waals surface area (Å²) in [6.07, 6.45) is 3.78. The molecule has 19 heavy (non-hydrogen) atoms. The molecule has 0 spiro atoms. The van der Waals surface area contributed by atoms with Crippen molar-refractivity contribution < 1.29 is 9.90 Å². The first-order valence-corrected chi connectivity index (χ1v) is 6.91. The number of amides is 1. The molecular weight excluding hydrogens is 240 g/mol. The summed E-state index contributed by atoms with van der Waals surface area (Å²) >= 11 is 0. The van der Waals surface area contributed by atoms with Gasteiger partial charge in [-0.15, -0.1) is 0 Å². The molecule has 0 radical (unpaired) electrons. The van der Waals surface area contributed by atoms with Crippen LogP contribution in [0.4, 0.5) is 0 Å². The highest BCUT2D eigenvalue weighted by Crippen LogP contribution is 2.23. The van der Waals surface area contributed by atoms with E-state index in [0.29, 0.717) is 6.54 Å². The summed E-state index contributed by atoms with van der Waals surface area (Å²) in [5, 5.41) is 12.2. The van der Waals surface area contributed by atoms with E-state index in [0.717, 1.165) is 36.8 Å². The molecule has 1 aliphatic carbocycles. The van der Waals surface area contributed by atoms with Crippen LogP contribution < -0.4 is 11.1 Å². The lowest BCUT2D eigenvalue weighted by Crippen LogP contribution is -2.37. The number of rotatable bonds is 4. The summed E-state index contributed by atoms with van der Waals surface area (Å²) in [7, 11) is 0. The Hall–Kier alpha value is -1.39. The first kappa shape index (κ1) is 14.0. The van der Waals surface area contributed by atoms with Crippen molar-refractivity contribution in [3.05, 3.63) is 35.4 Å². The molecule has 2 rings (SSSR count). The predicted molar refractivity (Wildman–Crippen MR) is 74.1 cm³/mol. The van der Waals surface area contributed by atoms with E-state index in [1.807, 2.05) is 24.3 Å². The molecular formula is C15H22N2O2. The van der Waals surface area contributed by atoms with Gasteiger partial charge in [-0.05, 0) is 30.4 Å². The van der Waals surface area contributed by atoms with Crippen molar-refractivity contribution >= 4 is 5.91 Å². The standard InChI is InChI=1S/C15H22N2O2/c16-14-7-3-6-11(8-14)15(19)17-9-12-4-1-2-5-13(12)10-18/h1-2,4-5,11,14,18H,3,6-10,16H2,(H,17,19)/t11-,14+/m1/s1. The predicted octanol–water partition coefficient (Wildman–Crippen LogP) is 1.31. The fourth-order valence-corrected chi connectivity index (χ4v) is 2.68. The minimum absolute atomic E-state index is 0.000344. The fourth-order valence-electron chi connectivity index (χ4n) is 2.68. The Balaban J connectivity index is 1.89. The number of aliphatic hydroxyl groups excluding tert-OH is 1. The second kappa shape index (κ2) is 6.68. The maximum Gasteiger partial charge on any atom is 0.223 e. The normalized spacial score (nSPS) is 23.1. The monoisotopic (exact) mass is 262 g/mol. The zero-order chi connectivity index (χ0) is 13.7.